The fourth-order valence-electron chi connectivity index (χ4n) is 2.91. The first kappa shape index (κ1) is 17.6. The molecule has 3 rings (SSSR count). The third-order valence-electron chi connectivity index (χ3n) is 4.20. The maximum atomic E-state index is 14.3. The van der Waals surface area contributed by atoms with Crippen molar-refractivity contribution in [1.82, 2.24) is 0 Å². The third kappa shape index (κ3) is 2.96. The molecule has 0 radical (unpaired) electrons. The summed E-state index contributed by atoms with van der Waals surface area (Å²) in [5.74, 6) is -0.645. The van der Waals surface area contributed by atoms with Crippen LogP contribution in [0, 0.1) is 22.9 Å². The van der Waals surface area contributed by atoms with E-state index in [1.807, 2.05) is 0 Å². The molecule has 9 heteroatoms. The lowest BCUT2D eigenvalue weighted by molar-refractivity contribution is -0.385. The van der Waals surface area contributed by atoms with Gasteiger partial charge in [0.2, 0.25) is 0 Å². The standard InChI is InChI=1S/C16H14ClFN2O4S/c1-10-13(17)8-12(9-15(10)20(21)22)25(23,24)19-7-3-5-11-4-2-6-14(18)16(11)19/h2,4,6,8-9H,3,5,7H2,1H3. The predicted molar refractivity (Wildman–Crippen MR) is 92.1 cm³/mol. The molecule has 0 saturated heterocycles. The minimum Gasteiger partial charge on any atom is -0.263 e. The van der Waals surface area contributed by atoms with E-state index in [0.29, 0.717) is 18.4 Å². The van der Waals surface area contributed by atoms with Gasteiger partial charge in [-0.2, -0.15) is 0 Å². The molecule has 0 aliphatic carbocycles. The van der Waals surface area contributed by atoms with E-state index in [1.165, 1.54) is 19.1 Å². The predicted octanol–water partition coefficient (Wildman–Crippen LogP) is 3.84. The average Bonchev–Trinajstić information content (AvgIpc) is 2.56. The highest BCUT2D eigenvalue weighted by Gasteiger charge is 2.33. The van der Waals surface area contributed by atoms with Crippen molar-refractivity contribution < 1.29 is 17.7 Å². The van der Waals surface area contributed by atoms with Crippen molar-refractivity contribution in [1.29, 1.82) is 0 Å². The first-order valence-electron chi connectivity index (χ1n) is 7.48. The number of aryl methyl sites for hydroxylation is 1. The van der Waals surface area contributed by atoms with Gasteiger partial charge in [0.25, 0.3) is 15.7 Å². The van der Waals surface area contributed by atoms with Gasteiger partial charge in [-0.3, -0.25) is 14.4 Å². The van der Waals surface area contributed by atoms with Crippen LogP contribution in [0.15, 0.2) is 35.2 Å². The lowest BCUT2D eigenvalue weighted by Gasteiger charge is -2.30. The van der Waals surface area contributed by atoms with Crippen molar-refractivity contribution in [3.63, 3.8) is 0 Å². The van der Waals surface area contributed by atoms with Gasteiger partial charge in [0.15, 0.2) is 0 Å². The summed E-state index contributed by atoms with van der Waals surface area (Å²) in [4.78, 5) is 10.1. The number of anilines is 1. The molecule has 6 nitrogen and oxygen atoms in total. The fraction of sp³-hybridized carbons (Fsp3) is 0.250. The minimum atomic E-state index is -4.19. The molecule has 0 atom stereocenters. The van der Waals surface area contributed by atoms with Crippen LogP contribution in [0.3, 0.4) is 0 Å². The van der Waals surface area contributed by atoms with Crippen LogP contribution in [0.25, 0.3) is 0 Å². The molecular formula is C16H14ClFN2O4S. The van der Waals surface area contributed by atoms with Crippen LogP contribution in [0.4, 0.5) is 15.8 Å². The largest absolute Gasteiger partial charge is 0.275 e. The third-order valence-corrected chi connectivity index (χ3v) is 6.37. The second-order valence-electron chi connectivity index (χ2n) is 5.73. The molecule has 2 aromatic rings. The normalized spacial score (nSPS) is 14.3. The molecule has 1 aliphatic heterocycles. The summed E-state index contributed by atoms with van der Waals surface area (Å²) in [6, 6.07) is 6.51. The van der Waals surface area contributed by atoms with Crippen LogP contribution < -0.4 is 4.31 Å². The number of hydrogen-bond donors (Lipinski definition) is 0. The smallest absolute Gasteiger partial charge is 0.263 e. The summed E-state index contributed by atoms with van der Waals surface area (Å²) < 4.78 is 41.3. The lowest BCUT2D eigenvalue weighted by Crippen LogP contribution is -2.36. The number of nitrogens with zero attached hydrogens (tertiary/aromatic N) is 2. The SMILES string of the molecule is Cc1c(Cl)cc(S(=O)(=O)N2CCCc3cccc(F)c32)cc1[N+](=O)[O-]. The number of para-hydroxylation sites is 1. The quantitative estimate of drug-likeness (QED) is 0.594. The Bertz CT molecular complexity index is 978. The van der Waals surface area contributed by atoms with Crippen molar-refractivity contribution in [3.8, 4) is 0 Å². The zero-order valence-electron chi connectivity index (χ0n) is 13.2. The van der Waals surface area contributed by atoms with Crippen LogP contribution in [0.1, 0.15) is 17.5 Å². The number of halogens is 2. The van der Waals surface area contributed by atoms with E-state index >= 15 is 0 Å². The van der Waals surface area contributed by atoms with Crippen LogP contribution in [0.5, 0.6) is 0 Å². The summed E-state index contributed by atoms with van der Waals surface area (Å²) in [7, 11) is -4.19. The Balaban J connectivity index is 2.19. The van der Waals surface area contributed by atoms with E-state index in [4.69, 9.17) is 11.6 Å². The Kier molecular flexibility index (Phi) is 4.42. The van der Waals surface area contributed by atoms with Gasteiger partial charge in [-0.15, -0.1) is 0 Å². The first-order chi connectivity index (χ1) is 11.7. The number of nitro benzene ring substituents is 1. The second kappa shape index (κ2) is 6.27. The maximum absolute atomic E-state index is 14.3. The molecule has 0 bridgehead atoms. The molecule has 0 fully saturated rings. The molecular weight excluding hydrogens is 371 g/mol. The van der Waals surface area contributed by atoms with Gasteiger partial charge in [0.1, 0.15) is 5.82 Å². The van der Waals surface area contributed by atoms with Crippen molar-refractivity contribution in [2.24, 2.45) is 0 Å². The molecule has 2 aromatic carbocycles. The summed E-state index contributed by atoms with van der Waals surface area (Å²) in [5.41, 5.74) is 0.364. The number of hydrogen-bond acceptors (Lipinski definition) is 4. The van der Waals surface area contributed by atoms with E-state index in [1.54, 1.807) is 6.07 Å². The second-order valence-corrected chi connectivity index (χ2v) is 8.00. The highest BCUT2D eigenvalue weighted by molar-refractivity contribution is 7.92. The Labute approximate surface area is 149 Å². The molecule has 0 aromatic heterocycles. The number of rotatable bonds is 3. The Morgan fingerprint density at radius 2 is 2.04 bits per heavy atom. The highest BCUT2D eigenvalue weighted by Crippen LogP contribution is 2.36. The van der Waals surface area contributed by atoms with E-state index in [2.05, 4.69) is 0 Å². The monoisotopic (exact) mass is 384 g/mol. The molecule has 25 heavy (non-hydrogen) atoms. The van der Waals surface area contributed by atoms with E-state index in [9.17, 15) is 22.9 Å². The Morgan fingerprint density at radius 3 is 2.72 bits per heavy atom. The molecule has 0 N–H and O–H groups in total. The van der Waals surface area contributed by atoms with E-state index < -0.39 is 26.5 Å². The van der Waals surface area contributed by atoms with Crippen LogP contribution in [0.2, 0.25) is 5.02 Å². The topological polar surface area (TPSA) is 80.5 Å². The lowest BCUT2D eigenvalue weighted by atomic mass is 10.0. The van der Waals surface area contributed by atoms with Crippen LogP contribution in [-0.4, -0.2) is 19.9 Å². The van der Waals surface area contributed by atoms with Gasteiger partial charge in [0.05, 0.1) is 20.5 Å². The molecule has 1 aliphatic rings. The molecule has 0 amide bonds. The fourth-order valence-corrected chi connectivity index (χ4v) is 4.79. The zero-order valence-corrected chi connectivity index (χ0v) is 14.8. The number of nitro groups is 1. The molecule has 0 saturated carbocycles. The maximum Gasteiger partial charge on any atom is 0.275 e. The number of fused-ring (bicyclic) bond motifs is 1. The summed E-state index contributed by atoms with van der Waals surface area (Å²) in [6.07, 6.45) is 1.09. The van der Waals surface area contributed by atoms with Crippen molar-refractivity contribution >= 4 is 33.0 Å². The Hall–Kier alpha value is -2.19. The summed E-state index contributed by atoms with van der Waals surface area (Å²) in [6.45, 7) is 1.53. The highest BCUT2D eigenvalue weighted by atomic mass is 35.5. The summed E-state index contributed by atoms with van der Waals surface area (Å²) in [5, 5.41) is 11.1. The molecule has 132 valence electrons. The van der Waals surface area contributed by atoms with Crippen molar-refractivity contribution in [3.05, 3.63) is 62.4 Å². The summed E-state index contributed by atoms with van der Waals surface area (Å²) >= 11 is 5.98. The average molecular weight is 385 g/mol. The van der Waals surface area contributed by atoms with Crippen molar-refractivity contribution in [2.45, 2.75) is 24.7 Å². The molecule has 1 heterocycles. The van der Waals surface area contributed by atoms with Gasteiger partial charge in [-0.25, -0.2) is 12.8 Å². The van der Waals surface area contributed by atoms with Crippen LogP contribution >= 0.6 is 11.6 Å². The van der Waals surface area contributed by atoms with Gasteiger partial charge < -0.3 is 0 Å². The zero-order chi connectivity index (χ0) is 18.4. The number of benzene rings is 2. The minimum absolute atomic E-state index is 0.00639. The van der Waals surface area contributed by atoms with Gasteiger partial charge in [0, 0.05) is 18.2 Å². The number of sulfonamides is 1. The van der Waals surface area contributed by atoms with Crippen molar-refractivity contribution in [2.75, 3.05) is 10.8 Å². The Morgan fingerprint density at radius 1 is 1.32 bits per heavy atom. The van der Waals surface area contributed by atoms with E-state index in [0.717, 1.165) is 16.4 Å². The van der Waals surface area contributed by atoms with Crippen LogP contribution in [-0.2, 0) is 16.4 Å². The van der Waals surface area contributed by atoms with Gasteiger partial charge in [-0.1, -0.05) is 23.7 Å². The first-order valence-corrected chi connectivity index (χ1v) is 9.30. The molecule has 0 unspecified atom stereocenters. The molecule has 0 spiro atoms. The van der Waals surface area contributed by atoms with E-state index in [-0.39, 0.29) is 27.7 Å². The van der Waals surface area contributed by atoms with Gasteiger partial charge >= 0.3 is 0 Å². The van der Waals surface area contributed by atoms with Gasteiger partial charge in [-0.05, 0) is 37.5 Å².